The van der Waals surface area contributed by atoms with Gasteiger partial charge in [-0.3, -0.25) is 4.79 Å². The van der Waals surface area contributed by atoms with Gasteiger partial charge in [-0.15, -0.1) is 0 Å². The summed E-state index contributed by atoms with van der Waals surface area (Å²) in [6, 6.07) is 37.9. The van der Waals surface area contributed by atoms with Crippen molar-refractivity contribution >= 4 is 16.7 Å². The number of hydrogen-bond donors (Lipinski definition) is 0. The van der Waals surface area contributed by atoms with Gasteiger partial charge in [-0.25, -0.2) is 0 Å². The van der Waals surface area contributed by atoms with Crippen LogP contribution in [0.4, 0.5) is 0 Å². The Kier molecular flexibility index (Phi) is 5.57. The molecule has 158 valence electrons. The molecule has 3 nitrogen and oxygen atoms in total. The average Bonchev–Trinajstić information content (AvgIpc) is 3.18. The van der Waals surface area contributed by atoms with Gasteiger partial charge in [0.15, 0.2) is 5.78 Å². The first-order chi connectivity index (χ1) is 16.2. The van der Waals surface area contributed by atoms with Crippen molar-refractivity contribution in [3.8, 4) is 17.2 Å². The lowest BCUT2D eigenvalue weighted by Gasteiger charge is -2.13. The zero-order chi connectivity index (χ0) is 22.6. The first kappa shape index (κ1) is 20.5. The molecular weight excluding hydrogens is 404 g/mol. The molecule has 0 saturated heterocycles. The van der Waals surface area contributed by atoms with E-state index in [1.807, 2.05) is 84.9 Å². The Morgan fingerprint density at radius 2 is 1.39 bits per heavy atom. The Balaban J connectivity index is 1.72. The van der Waals surface area contributed by atoms with E-state index in [1.54, 1.807) is 0 Å². The molecule has 0 fully saturated rings. The van der Waals surface area contributed by atoms with Crippen LogP contribution in [0.5, 0.6) is 0 Å². The fraction of sp³-hybridized carbons (Fsp3) is 0.0667. The Labute approximate surface area is 193 Å². The number of rotatable bonds is 6. The van der Waals surface area contributed by atoms with Crippen LogP contribution in [-0.2, 0) is 13.0 Å². The van der Waals surface area contributed by atoms with Gasteiger partial charge in [0, 0.05) is 34.3 Å². The van der Waals surface area contributed by atoms with E-state index in [4.69, 9.17) is 0 Å². The lowest BCUT2D eigenvalue weighted by Crippen LogP contribution is -2.11. The molecule has 0 radical (unpaired) electrons. The van der Waals surface area contributed by atoms with Gasteiger partial charge in [0.25, 0.3) is 0 Å². The van der Waals surface area contributed by atoms with E-state index in [0.717, 1.165) is 27.7 Å². The van der Waals surface area contributed by atoms with Crippen LogP contribution in [0, 0.1) is 11.3 Å². The molecule has 5 rings (SSSR count). The summed E-state index contributed by atoms with van der Waals surface area (Å²) in [7, 11) is 0. The van der Waals surface area contributed by atoms with E-state index in [2.05, 4.69) is 34.9 Å². The Bertz CT molecular complexity index is 1460. The van der Waals surface area contributed by atoms with Gasteiger partial charge in [0.1, 0.15) is 0 Å². The molecule has 1 aromatic heterocycles. The summed E-state index contributed by atoms with van der Waals surface area (Å²) < 4.78 is 2.26. The Morgan fingerprint density at radius 1 is 0.758 bits per heavy atom. The van der Waals surface area contributed by atoms with E-state index in [-0.39, 0.29) is 5.78 Å². The zero-order valence-corrected chi connectivity index (χ0v) is 18.1. The monoisotopic (exact) mass is 426 g/mol. The second-order valence-corrected chi connectivity index (χ2v) is 8.07. The van der Waals surface area contributed by atoms with Crippen molar-refractivity contribution in [2.24, 2.45) is 0 Å². The predicted octanol–water partition coefficient (Wildman–Crippen LogP) is 6.65. The summed E-state index contributed by atoms with van der Waals surface area (Å²) in [5, 5.41) is 10.3. The molecular formula is C30H22N2O. The molecule has 33 heavy (non-hydrogen) atoms. The van der Waals surface area contributed by atoms with Crippen molar-refractivity contribution in [1.82, 2.24) is 4.57 Å². The van der Waals surface area contributed by atoms with E-state index < -0.39 is 0 Å². The molecule has 0 atom stereocenters. The summed E-state index contributed by atoms with van der Waals surface area (Å²) in [6.45, 7) is 0.676. The topological polar surface area (TPSA) is 45.8 Å². The maximum atomic E-state index is 13.3. The molecule has 5 aromatic rings. The summed E-state index contributed by atoms with van der Waals surface area (Å²) in [5.41, 5.74) is 6.64. The van der Waals surface area contributed by atoms with Crippen LogP contribution in [0.15, 0.2) is 109 Å². The number of hydrogen-bond acceptors (Lipinski definition) is 2. The molecule has 0 unspecified atom stereocenters. The van der Waals surface area contributed by atoms with E-state index in [9.17, 15) is 10.1 Å². The minimum absolute atomic E-state index is 0.0858. The molecule has 0 spiro atoms. The van der Waals surface area contributed by atoms with Gasteiger partial charge in [-0.1, -0.05) is 91.0 Å². The number of aromatic nitrogens is 1. The number of benzene rings is 4. The van der Waals surface area contributed by atoms with Crippen LogP contribution in [0.3, 0.4) is 0 Å². The maximum Gasteiger partial charge on any atom is 0.168 e. The van der Waals surface area contributed by atoms with E-state index >= 15 is 0 Å². The lowest BCUT2D eigenvalue weighted by molar-refractivity contribution is 0.0991. The Hall–Kier alpha value is -4.42. The van der Waals surface area contributed by atoms with Crippen molar-refractivity contribution < 1.29 is 4.79 Å². The van der Waals surface area contributed by atoms with Gasteiger partial charge in [0.2, 0.25) is 0 Å². The zero-order valence-electron chi connectivity index (χ0n) is 18.1. The molecule has 0 saturated carbocycles. The molecule has 0 aliphatic carbocycles. The van der Waals surface area contributed by atoms with Crippen molar-refractivity contribution in [1.29, 1.82) is 5.26 Å². The number of para-hydroxylation sites is 1. The quantitative estimate of drug-likeness (QED) is 0.285. The summed E-state index contributed by atoms with van der Waals surface area (Å²) in [6.07, 6.45) is 0.293. The van der Waals surface area contributed by atoms with Crippen molar-refractivity contribution in [3.05, 3.63) is 132 Å². The molecule has 0 aliphatic heterocycles. The Morgan fingerprint density at radius 3 is 2.09 bits per heavy atom. The number of Topliss-reactive ketones (excluding diaryl/α,β-unsaturated/α-hetero) is 1. The summed E-state index contributed by atoms with van der Waals surface area (Å²) >= 11 is 0. The standard InChI is InChI=1S/C30H22N2O/c31-20-22-15-17-25(18-16-22)30-26-13-7-8-14-27(26)32(21-23-9-3-1-4-10-23)28(30)19-29(33)24-11-5-2-6-12-24/h1-18H,19,21H2. The molecule has 0 N–H and O–H groups in total. The lowest BCUT2D eigenvalue weighted by atomic mass is 9.97. The molecule has 0 bridgehead atoms. The van der Waals surface area contributed by atoms with Crippen LogP contribution in [0.1, 0.15) is 27.2 Å². The second-order valence-electron chi connectivity index (χ2n) is 8.07. The van der Waals surface area contributed by atoms with Crippen LogP contribution >= 0.6 is 0 Å². The molecule has 1 heterocycles. The van der Waals surface area contributed by atoms with Gasteiger partial charge in [-0.05, 0) is 29.3 Å². The van der Waals surface area contributed by atoms with Crippen molar-refractivity contribution in [2.75, 3.05) is 0 Å². The van der Waals surface area contributed by atoms with Crippen LogP contribution in [-0.4, -0.2) is 10.4 Å². The highest BCUT2D eigenvalue weighted by atomic mass is 16.1. The highest BCUT2D eigenvalue weighted by Gasteiger charge is 2.21. The SMILES string of the molecule is N#Cc1ccc(-c2c(CC(=O)c3ccccc3)n(Cc3ccccc3)c3ccccc23)cc1. The number of ketones is 1. The fourth-order valence-corrected chi connectivity index (χ4v) is 4.40. The summed E-state index contributed by atoms with van der Waals surface area (Å²) in [5.74, 6) is 0.0858. The van der Waals surface area contributed by atoms with Crippen molar-refractivity contribution in [2.45, 2.75) is 13.0 Å². The first-order valence-electron chi connectivity index (χ1n) is 11.0. The second kappa shape index (κ2) is 8.98. The van der Waals surface area contributed by atoms with Gasteiger partial charge in [-0.2, -0.15) is 5.26 Å². The van der Waals surface area contributed by atoms with Crippen LogP contribution < -0.4 is 0 Å². The third kappa shape index (κ3) is 4.07. The summed E-state index contributed by atoms with van der Waals surface area (Å²) in [4.78, 5) is 13.3. The number of nitriles is 1. The largest absolute Gasteiger partial charge is 0.339 e. The van der Waals surface area contributed by atoms with Crippen LogP contribution in [0.2, 0.25) is 0 Å². The highest BCUT2D eigenvalue weighted by molar-refractivity contribution is 6.03. The highest BCUT2D eigenvalue weighted by Crippen LogP contribution is 2.36. The third-order valence-corrected chi connectivity index (χ3v) is 5.99. The number of carbonyl (C=O) groups is 1. The minimum Gasteiger partial charge on any atom is -0.339 e. The van der Waals surface area contributed by atoms with Gasteiger partial charge in [0.05, 0.1) is 18.1 Å². The van der Waals surface area contributed by atoms with Crippen LogP contribution in [0.25, 0.3) is 22.0 Å². The minimum atomic E-state index is 0.0858. The fourth-order valence-electron chi connectivity index (χ4n) is 4.40. The number of fused-ring (bicyclic) bond motifs is 1. The normalized spacial score (nSPS) is 10.8. The first-order valence-corrected chi connectivity index (χ1v) is 11.0. The molecule has 0 amide bonds. The third-order valence-electron chi connectivity index (χ3n) is 5.99. The molecule has 3 heteroatoms. The average molecular weight is 427 g/mol. The number of carbonyl (C=O) groups excluding carboxylic acids is 1. The van der Waals surface area contributed by atoms with E-state index in [0.29, 0.717) is 24.1 Å². The molecule has 0 aliphatic rings. The number of nitrogens with zero attached hydrogens (tertiary/aromatic N) is 2. The van der Waals surface area contributed by atoms with Gasteiger partial charge < -0.3 is 4.57 Å². The van der Waals surface area contributed by atoms with Crippen molar-refractivity contribution in [3.63, 3.8) is 0 Å². The smallest absolute Gasteiger partial charge is 0.168 e. The van der Waals surface area contributed by atoms with Gasteiger partial charge >= 0.3 is 0 Å². The van der Waals surface area contributed by atoms with E-state index in [1.165, 1.54) is 5.56 Å². The maximum absolute atomic E-state index is 13.3. The molecule has 4 aromatic carbocycles. The predicted molar refractivity (Wildman–Crippen MR) is 132 cm³/mol.